The maximum Gasteiger partial charge on any atom is 0.243 e. The highest BCUT2D eigenvalue weighted by Crippen LogP contribution is 2.33. The Balaban J connectivity index is 1.89. The number of aryl methyl sites for hydroxylation is 1. The largest absolute Gasteiger partial charge is 0.294 e. The van der Waals surface area contributed by atoms with Crippen LogP contribution in [0.1, 0.15) is 25.3 Å². The number of sulfonamides is 1. The van der Waals surface area contributed by atoms with Gasteiger partial charge in [-0.1, -0.05) is 23.8 Å². The Morgan fingerprint density at radius 2 is 1.77 bits per heavy atom. The molecule has 4 nitrogen and oxygen atoms in total. The molecule has 1 aliphatic carbocycles. The molecule has 0 spiro atoms. The van der Waals surface area contributed by atoms with Crippen molar-refractivity contribution >= 4 is 15.8 Å². The van der Waals surface area contributed by atoms with Crippen molar-refractivity contribution in [3.63, 3.8) is 0 Å². The molecule has 0 unspecified atom stereocenters. The number of rotatable bonds is 2. The third-order valence-corrected chi connectivity index (χ3v) is 6.30. The van der Waals surface area contributed by atoms with E-state index in [1.807, 2.05) is 32.1 Å². The molecule has 1 heterocycles. The topological polar surface area (TPSA) is 54.5 Å². The van der Waals surface area contributed by atoms with E-state index < -0.39 is 10.0 Å². The Labute approximate surface area is 131 Å². The summed E-state index contributed by atoms with van der Waals surface area (Å²) in [5, 5.41) is 0. The third-order valence-electron chi connectivity index (χ3n) is 4.42. The summed E-state index contributed by atoms with van der Waals surface area (Å²) in [4.78, 5) is 12.1. The Kier molecular flexibility index (Phi) is 3.78. The summed E-state index contributed by atoms with van der Waals surface area (Å²) in [7, 11) is -3.48. The van der Waals surface area contributed by atoms with Crippen molar-refractivity contribution in [2.45, 2.75) is 31.6 Å². The van der Waals surface area contributed by atoms with E-state index in [1.54, 1.807) is 12.1 Å². The van der Waals surface area contributed by atoms with Crippen LogP contribution in [-0.4, -0.2) is 31.6 Å². The van der Waals surface area contributed by atoms with Gasteiger partial charge in [-0.3, -0.25) is 4.79 Å². The van der Waals surface area contributed by atoms with Crippen LogP contribution in [0.4, 0.5) is 0 Å². The zero-order valence-electron chi connectivity index (χ0n) is 12.8. The van der Waals surface area contributed by atoms with Gasteiger partial charge in [-0.2, -0.15) is 4.31 Å². The van der Waals surface area contributed by atoms with E-state index in [9.17, 15) is 13.2 Å². The van der Waals surface area contributed by atoms with Gasteiger partial charge in [-0.15, -0.1) is 0 Å². The average Bonchev–Trinajstić information content (AvgIpc) is 2.66. The normalized spacial score (nSPS) is 19.9. The van der Waals surface area contributed by atoms with Gasteiger partial charge in [0.1, 0.15) is 0 Å². The van der Waals surface area contributed by atoms with Crippen LogP contribution in [0.2, 0.25) is 0 Å². The van der Waals surface area contributed by atoms with Crippen LogP contribution < -0.4 is 0 Å². The van der Waals surface area contributed by atoms with Gasteiger partial charge < -0.3 is 0 Å². The van der Waals surface area contributed by atoms with Gasteiger partial charge in [0.05, 0.1) is 4.90 Å². The summed E-state index contributed by atoms with van der Waals surface area (Å²) in [6.07, 6.45) is 2.91. The van der Waals surface area contributed by atoms with Crippen molar-refractivity contribution in [1.29, 1.82) is 0 Å². The monoisotopic (exact) mass is 317 g/mol. The number of nitrogens with zero attached hydrogens (tertiary/aromatic N) is 1. The Hall–Kier alpha value is -1.72. The molecule has 2 aliphatic rings. The predicted octanol–water partition coefficient (Wildman–Crippen LogP) is 2.61. The molecule has 0 fully saturated rings. The molecule has 116 valence electrons. The summed E-state index contributed by atoms with van der Waals surface area (Å²) < 4.78 is 27.0. The van der Waals surface area contributed by atoms with Crippen LogP contribution in [0.5, 0.6) is 0 Å². The van der Waals surface area contributed by atoms with Crippen LogP contribution in [-0.2, 0) is 14.8 Å². The molecule has 1 aliphatic heterocycles. The van der Waals surface area contributed by atoms with E-state index >= 15 is 0 Å². The van der Waals surface area contributed by atoms with Crippen molar-refractivity contribution in [2.75, 3.05) is 13.1 Å². The molecular formula is C17H19NO3S. The van der Waals surface area contributed by atoms with E-state index in [0.717, 1.165) is 22.3 Å². The highest BCUT2D eigenvalue weighted by molar-refractivity contribution is 7.89. The molecule has 22 heavy (non-hydrogen) atoms. The Bertz CT molecular complexity index is 786. The first kappa shape index (κ1) is 15.2. The fourth-order valence-corrected chi connectivity index (χ4v) is 4.36. The van der Waals surface area contributed by atoms with Crippen molar-refractivity contribution in [3.05, 3.63) is 52.6 Å². The maximum absolute atomic E-state index is 12.7. The highest BCUT2D eigenvalue weighted by atomic mass is 32.2. The second kappa shape index (κ2) is 5.48. The minimum absolute atomic E-state index is 0.163. The first-order valence-corrected chi connectivity index (χ1v) is 8.83. The van der Waals surface area contributed by atoms with Crippen LogP contribution >= 0.6 is 0 Å². The third kappa shape index (κ3) is 2.55. The second-order valence-corrected chi connectivity index (χ2v) is 7.80. The summed E-state index contributed by atoms with van der Waals surface area (Å²) in [5.41, 5.74) is 3.86. The number of carbonyl (C=O) groups excluding carboxylic acids is 1. The molecule has 0 saturated heterocycles. The minimum atomic E-state index is -3.48. The molecule has 1 aromatic rings. The standard InChI is InChI=1S/C17H19NO3S/c1-12-3-5-15(6-4-12)22(20,21)18-9-7-14-11-17(19)13(2)16(14)8-10-18/h3-7H,8-11H2,1-2H3. The van der Waals surface area contributed by atoms with Crippen LogP contribution in [0.3, 0.4) is 0 Å². The van der Waals surface area contributed by atoms with E-state index in [-0.39, 0.29) is 5.78 Å². The molecule has 5 heteroatoms. The number of carbonyl (C=O) groups is 1. The van der Waals surface area contributed by atoms with Crippen LogP contribution in [0.25, 0.3) is 0 Å². The zero-order valence-corrected chi connectivity index (χ0v) is 13.6. The lowest BCUT2D eigenvalue weighted by molar-refractivity contribution is -0.114. The van der Waals surface area contributed by atoms with Crippen LogP contribution in [0, 0.1) is 6.92 Å². The van der Waals surface area contributed by atoms with E-state index in [4.69, 9.17) is 0 Å². The molecule has 0 radical (unpaired) electrons. The molecule has 0 atom stereocenters. The van der Waals surface area contributed by atoms with Gasteiger partial charge in [0.15, 0.2) is 5.78 Å². The van der Waals surface area contributed by atoms with Crippen molar-refractivity contribution in [3.8, 4) is 0 Å². The van der Waals surface area contributed by atoms with Crippen LogP contribution in [0.15, 0.2) is 52.0 Å². The van der Waals surface area contributed by atoms with Crippen molar-refractivity contribution < 1.29 is 13.2 Å². The lowest BCUT2D eigenvalue weighted by Crippen LogP contribution is -2.31. The number of ketones is 1. The van der Waals surface area contributed by atoms with Gasteiger partial charge >= 0.3 is 0 Å². The first-order valence-electron chi connectivity index (χ1n) is 7.39. The molecule has 0 amide bonds. The van der Waals surface area contributed by atoms with Gasteiger partial charge in [-0.05, 0) is 49.1 Å². The molecule has 0 aromatic heterocycles. The number of hydrogen-bond donors (Lipinski definition) is 0. The highest BCUT2D eigenvalue weighted by Gasteiger charge is 2.30. The van der Waals surface area contributed by atoms with E-state index in [2.05, 4.69) is 0 Å². The molecule has 1 aromatic carbocycles. The van der Waals surface area contributed by atoms with E-state index in [1.165, 1.54) is 4.31 Å². The molecule has 0 bridgehead atoms. The number of hydrogen-bond acceptors (Lipinski definition) is 3. The first-order chi connectivity index (χ1) is 10.4. The lowest BCUT2D eigenvalue weighted by atomic mass is 10.1. The molecule has 3 rings (SSSR count). The summed E-state index contributed by atoms with van der Waals surface area (Å²) in [6.45, 7) is 4.51. The summed E-state index contributed by atoms with van der Waals surface area (Å²) in [5.74, 6) is 0.163. The molecule has 0 N–H and O–H groups in total. The van der Waals surface area contributed by atoms with Gasteiger partial charge in [0.2, 0.25) is 10.0 Å². The molecular weight excluding hydrogens is 298 g/mol. The van der Waals surface area contributed by atoms with Crippen molar-refractivity contribution in [1.82, 2.24) is 4.31 Å². The number of benzene rings is 1. The Morgan fingerprint density at radius 1 is 1.09 bits per heavy atom. The summed E-state index contributed by atoms with van der Waals surface area (Å²) >= 11 is 0. The number of allylic oxidation sites excluding steroid dienone is 2. The smallest absolute Gasteiger partial charge is 0.243 e. The fraction of sp³-hybridized carbons (Fsp3) is 0.353. The quantitative estimate of drug-likeness (QED) is 0.842. The lowest BCUT2D eigenvalue weighted by Gasteiger charge is -2.19. The Morgan fingerprint density at radius 3 is 2.45 bits per heavy atom. The zero-order chi connectivity index (χ0) is 15.9. The number of fused-ring (bicyclic) bond motifs is 1. The predicted molar refractivity (Wildman–Crippen MR) is 85.0 cm³/mol. The van der Waals surface area contributed by atoms with Crippen molar-refractivity contribution in [2.24, 2.45) is 0 Å². The van der Waals surface area contributed by atoms with Gasteiger partial charge in [0, 0.05) is 19.5 Å². The fourth-order valence-electron chi connectivity index (χ4n) is 2.98. The van der Waals surface area contributed by atoms with Gasteiger partial charge in [0.25, 0.3) is 0 Å². The average molecular weight is 317 g/mol. The second-order valence-electron chi connectivity index (χ2n) is 5.86. The van der Waals surface area contributed by atoms with E-state index in [0.29, 0.717) is 30.8 Å². The maximum atomic E-state index is 12.7. The SMILES string of the molecule is CC1=C2CCN(S(=O)(=O)c3ccc(C)cc3)CC=C2CC1=O. The van der Waals surface area contributed by atoms with Gasteiger partial charge in [-0.25, -0.2) is 8.42 Å². The summed E-state index contributed by atoms with van der Waals surface area (Å²) in [6, 6.07) is 6.92. The number of Topliss-reactive ketones (excluding diaryl/α,β-unsaturated/α-hetero) is 1. The minimum Gasteiger partial charge on any atom is -0.294 e. The molecule has 0 saturated carbocycles.